The summed E-state index contributed by atoms with van der Waals surface area (Å²) in [5.41, 5.74) is 2.23. The Bertz CT molecular complexity index is 660. The lowest BCUT2D eigenvalue weighted by Gasteiger charge is -2.24. The third-order valence-corrected chi connectivity index (χ3v) is 4.34. The first-order valence-corrected chi connectivity index (χ1v) is 8.18. The van der Waals surface area contributed by atoms with Crippen LogP contribution in [0.5, 0.6) is 0 Å². The maximum absolute atomic E-state index is 5.45. The number of pyridine rings is 1. The fraction of sp³-hybridized carbons (Fsp3) is 0.529. The molecule has 2 aromatic heterocycles. The topological polar surface area (TPSA) is 65.5 Å². The van der Waals surface area contributed by atoms with E-state index in [0.29, 0.717) is 5.92 Å². The summed E-state index contributed by atoms with van der Waals surface area (Å²) in [4.78, 5) is 14.1. The van der Waals surface area contributed by atoms with Crippen LogP contribution in [-0.2, 0) is 11.2 Å². The molecule has 0 bridgehead atoms. The molecule has 124 valence electrons. The summed E-state index contributed by atoms with van der Waals surface area (Å²) in [5, 5.41) is 4.64. The molecule has 1 fully saturated rings. The maximum atomic E-state index is 5.45. The third kappa shape index (κ3) is 3.82. The fourth-order valence-corrected chi connectivity index (χ4v) is 3.11. The Hall–Kier alpha value is -2.08. The lowest BCUT2D eigenvalue weighted by molar-refractivity contribution is 0.181. The van der Waals surface area contributed by atoms with E-state index < -0.39 is 0 Å². The van der Waals surface area contributed by atoms with E-state index in [9.17, 15) is 0 Å². The van der Waals surface area contributed by atoms with Gasteiger partial charge in [-0.1, -0.05) is 0 Å². The summed E-state index contributed by atoms with van der Waals surface area (Å²) in [6.45, 7) is 3.58. The van der Waals surface area contributed by atoms with Crippen molar-refractivity contribution in [1.82, 2.24) is 20.2 Å². The number of hydrogen-bond donors (Lipinski definition) is 2. The molecule has 0 radical (unpaired) electrons. The predicted octanol–water partition coefficient (Wildman–Crippen LogP) is 1.65. The minimum Gasteiger partial charge on any atom is -0.381 e. The van der Waals surface area contributed by atoms with E-state index in [0.717, 1.165) is 50.8 Å². The molecule has 6 heteroatoms. The minimum atomic E-state index is 0.609. The highest BCUT2D eigenvalue weighted by Gasteiger charge is 2.19. The van der Waals surface area contributed by atoms with Crippen molar-refractivity contribution in [1.29, 1.82) is 0 Å². The van der Waals surface area contributed by atoms with E-state index in [1.54, 1.807) is 0 Å². The summed E-state index contributed by atoms with van der Waals surface area (Å²) >= 11 is 0. The van der Waals surface area contributed by atoms with Crippen LogP contribution >= 0.6 is 0 Å². The molecule has 0 amide bonds. The average molecular weight is 315 g/mol. The molecule has 3 rings (SSSR count). The van der Waals surface area contributed by atoms with Gasteiger partial charge in [0.25, 0.3) is 0 Å². The van der Waals surface area contributed by atoms with E-state index in [2.05, 4.69) is 38.3 Å². The van der Waals surface area contributed by atoms with E-state index in [-0.39, 0.29) is 0 Å². The van der Waals surface area contributed by atoms with E-state index in [4.69, 9.17) is 4.74 Å². The average Bonchev–Trinajstić information content (AvgIpc) is 3.21. The van der Waals surface area contributed by atoms with Gasteiger partial charge in [0.15, 0.2) is 5.96 Å². The molecule has 1 aliphatic heterocycles. The lowest BCUT2D eigenvalue weighted by atomic mass is 10.1. The van der Waals surface area contributed by atoms with Gasteiger partial charge < -0.3 is 19.9 Å². The zero-order chi connectivity index (χ0) is 16.1. The number of guanidine groups is 1. The lowest BCUT2D eigenvalue weighted by Crippen LogP contribution is -2.42. The number of fused-ring (bicyclic) bond motifs is 1. The molecule has 2 aromatic rings. The van der Waals surface area contributed by atoms with Gasteiger partial charge >= 0.3 is 0 Å². The molecule has 2 N–H and O–H groups in total. The molecule has 1 saturated heterocycles. The van der Waals surface area contributed by atoms with E-state index in [1.807, 2.05) is 25.5 Å². The molecule has 1 unspecified atom stereocenters. The summed E-state index contributed by atoms with van der Waals surface area (Å²) in [5.74, 6) is 1.55. The van der Waals surface area contributed by atoms with Crippen molar-refractivity contribution in [2.24, 2.45) is 10.9 Å². The molecule has 1 aliphatic rings. The number of rotatable bonds is 5. The molecule has 23 heavy (non-hydrogen) atoms. The van der Waals surface area contributed by atoms with Crippen LogP contribution in [0.2, 0.25) is 0 Å². The second kappa shape index (κ2) is 7.46. The van der Waals surface area contributed by atoms with Gasteiger partial charge in [-0.05, 0) is 30.5 Å². The monoisotopic (exact) mass is 315 g/mol. The highest BCUT2D eigenvalue weighted by atomic mass is 16.5. The number of aliphatic imine (C=N–C) groups is 1. The molecule has 6 nitrogen and oxygen atoms in total. The highest BCUT2D eigenvalue weighted by Crippen LogP contribution is 2.16. The first-order valence-electron chi connectivity index (χ1n) is 8.18. The number of hydrogen-bond acceptors (Lipinski definition) is 3. The van der Waals surface area contributed by atoms with Gasteiger partial charge in [0.1, 0.15) is 5.65 Å². The Kier molecular flexibility index (Phi) is 5.12. The number of H-pyrrole nitrogens is 1. The molecule has 0 spiro atoms. The van der Waals surface area contributed by atoms with Crippen LogP contribution in [0.25, 0.3) is 11.0 Å². The summed E-state index contributed by atoms with van der Waals surface area (Å²) in [6, 6.07) is 4.08. The van der Waals surface area contributed by atoms with Crippen LogP contribution in [-0.4, -0.2) is 61.2 Å². The van der Waals surface area contributed by atoms with E-state index in [1.165, 1.54) is 10.9 Å². The summed E-state index contributed by atoms with van der Waals surface area (Å²) < 4.78 is 5.45. The van der Waals surface area contributed by atoms with Crippen LogP contribution < -0.4 is 5.32 Å². The van der Waals surface area contributed by atoms with Gasteiger partial charge in [-0.2, -0.15) is 0 Å². The quantitative estimate of drug-likeness (QED) is 0.650. The Morgan fingerprint density at radius 1 is 1.57 bits per heavy atom. The van der Waals surface area contributed by atoms with Crippen molar-refractivity contribution in [2.45, 2.75) is 12.8 Å². The van der Waals surface area contributed by atoms with Crippen molar-refractivity contribution >= 4 is 17.0 Å². The van der Waals surface area contributed by atoms with Crippen LogP contribution in [0.3, 0.4) is 0 Å². The molecular weight excluding hydrogens is 290 g/mol. The van der Waals surface area contributed by atoms with Crippen molar-refractivity contribution in [3.05, 3.63) is 30.1 Å². The number of aromatic amines is 1. The number of aromatic nitrogens is 2. The molecule has 0 aromatic carbocycles. The zero-order valence-electron chi connectivity index (χ0n) is 13.9. The van der Waals surface area contributed by atoms with Gasteiger partial charge in [0.2, 0.25) is 0 Å². The normalized spacial score (nSPS) is 18.5. The third-order valence-electron chi connectivity index (χ3n) is 4.34. The van der Waals surface area contributed by atoms with Crippen LogP contribution in [0, 0.1) is 5.92 Å². The maximum Gasteiger partial charge on any atom is 0.193 e. The zero-order valence-corrected chi connectivity index (χ0v) is 13.9. The summed E-state index contributed by atoms with van der Waals surface area (Å²) in [7, 11) is 3.92. The van der Waals surface area contributed by atoms with Crippen LogP contribution in [0.1, 0.15) is 12.0 Å². The van der Waals surface area contributed by atoms with Crippen LogP contribution in [0.4, 0.5) is 0 Å². The van der Waals surface area contributed by atoms with E-state index >= 15 is 0 Å². The van der Waals surface area contributed by atoms with Gasteiger partial charge in [-0.25, -0.2) is 4.98 Å². The Morgan fingerprint density at radius 2 is 2.48 bits per heavy atom. The number of ether oxygens (including phenoxy) is 1. The number of nitrogens with zero attached hydrogens (tertiary/aromatic N) is 3. The molecular formula is C17H25N5O. The second-order valence-electron chi connectivity index (χ2n) is 6.05. The Morgan fingerprint density at radius 3 is 3.26 bits per heavy atom. The standard InChI is InChI=1S/C17H25N5O/c1-18-17(22(2)11-13-6-9-23-12-13)20-8-5-14-10-21-16-15(14)4-3-7-19-16/h3-4,7,10,13H,5-6,8-9,11-12H2,1-2H3,(H,18,20)(H,19,21). The SMILES string of the molecule is CN=C(NCCc1c[nH]c2ncccc12)N(C)CC1CCOC1. The number of nitrogens with one attached hydrogen (secondary N) is 2. The first-order chi connectivity index (χ1) is 11.3. The predicted molar refractivity (Wildman–Crippen MR) is 92.7 cm³/mol. The van der Waals surface area contributed by atoms with Gasteiger partial charge in [-0.3, -0.25) is 4.99 Å². The van der Waals surface area contributed by atoms with Crippen molar-refractivity contribution in [3.63, 3.8) is 0 Å². The molecule has 0 saturated carbocycles. The van der Waals surface area contributed by atoms with Gasteiger partial charge in [-0.15, -0.1) is 0 Å². The summed E-state index contributed by atoms with van der Waals surface area (Å²) in [6.07, 6.45) is 5.93. The van der Waals surface area contributed by atoms with Crippen molar-refractivity contribution in [3.8, 4) is 0 Å². The first kappa shape index (κ1) is 15.8. The molecule has 3 heterocycles. The van der Waals surface area contributed by atoms with Crippen molar-refractivity contribution < 1.29 is 4.74 Å². The van der Waals surface area contributed by atoms with Gasteiger partial charge in [0.05, 0.1) is 6.61 Å². The Labute approximate surface area is 137 Å². The van der Waals surface area contributed by atoms with Crippen molar-refractivity contribution in [2.75, 3.05) is 40.4 Å². The largest absolute Gasteiger partial charge is 0.381 e. The fourth-order valence-electron chi connectivity index (χ4n) is 3.11. The highest BCUT2D eigenvalue weighted by molar-refractivity contribution is 5.81. The second-order valence-corrected chi connectivity index (χ2v) is 6.05. The van der Waals surface area contributed by atoms with Gasteiger partial charge in [0, 0.05) is 57.5 Å². The minimum absolute atomic E-state index is 0.609. The Balaban J connectivity index is 1.51. The molecule has 0 aliphatic carbocycles. The molecule has 1 atom stereocenters. The van der Waals surface area contributed by atoms with Crippen LogP contribution in [0.15, 0.2) is 29.5 Å². The smallest absolute Gasteiger partial charge is 0.193 e.